The molecule has 2 aliphatic rings. The third kappa shape index (κ3) is 3.59. The van der Waals surface area contributed by atoms with Gasteiger partial charge in [-0.1, -0.05) is 0 Å². The van der Waals surface area contributed by atoms with Crippen LogP contribution >= 0.6 is 0 Å². The van der Waals surface area contributed by atoms with Crippen molar-refractivity contribution in [1.29, 1.82) is 0 Å². The molecule has 0 aromatic rings. The van der Waals surface area contributed by atoms with Gasteiger partial charge in [-0.05, 0) is 0 Å². The Bertz CT molecular complexity index is 485. The molecule has 2 saturated heterocycles. The van der Waals surface area contributed by atoms with E-state index in [0.717, 1.165) is 12.0 Å². The molecule has 2 rings (SSSR count). The van der Waals surface area contributed by atoms with Crippen LogP contribution in [0.25, 0.3) is 0 Å². The molecule has 0 spiro atoms. The van der Waals surface area contributed by atoms with Crippen molar-refractivity contribution in [1.82, 2.24) is 10.2 Å². The van der Waals surface area contributed by atoms with Gasteiger partial charge in [0.05, 0.1) is 20.3 Å². The molecular formula is C12H18N2O9. The fourth-order valence-corrected chi connectivity index (χ4v) is 2.32. The first-order chi connectivity index (χ1) is 10.9. The molecule has 2 aliphatic heterocycles. The third-order valence-corrected chi connectivity index (χ3v) is 3.60. The van der Waals surface area contributed by atoms with E-state index < -0.39 is 61.8 Å². The first-order valence-corrected chi connectivity index (χ1v) is 6.81. The molecule has 0 aromatic heterocycles. The molecule has 11 nitrogen and oxygen atoms in total. The van der Waals surface area contributed by atoms with Gasteiger partial charge >= 0.3 is 12.0 Å². The highest BCUT2D eigenvalue weighted by atomic mass is 16.6. The van der Waals surface area contributed by atoms with Gasteiger partial charge < -0.3 is 29.5 Å². The van der Waals surface area contributed by atoms with E-state index in [9.17, 15) is 24.6 Å². The highest BCUT2D eigenvalue weighted by Gasteiger charge is 2.49. The summed E-state index contributed by atoms with van der Waals surface area (Å²) in [6, 6.07) is -0.845. The van der Waals surface area contributed by atoms with Crippen molar-refractivity contribution in [2.75, 3.05) is 26.9 Å². The van der Waals surface area contributed by atoms with Gasteiger partial charge in [0.15, 0.2) is 12.3 Å². The summed E-state index contributed by atoms with van der Waals surface area (Å²) >= 11 is 0. The lowest BCUT2D eigenvalue weighted by atomic mass is 10.1. The topological polar surface area (TPSA) is 155 Å². The molecule has 2 fully saturated rings. The quantitative estimate of drug-likeness (QED) is 0.375. The number of carbonyl (C=O) groups is 3. The Balaban J connectivity index is 2.05. The van der Waals surface area contributed by atoms with Crippen LogP contribution in [0.5, 0.6) is 0 Å². The Morgan fingerprint density at radius 1 is 1.39 bits per heavy atom. The fourth-order valence-electron chi connectivity index (χ4n) is 2.32. The Morgan fingerprint density at radius 2 is 2.09 bits per heavy atom. The number of aliphatic hydroxyl groups excluding tert-OH is 3. The van der Waals surface area contributed by atoms with Crippen molar-refractivity contribution in [3.63, 3.8) is 0 Å². The number of esters is 1. The summed E-state index contributed by atoms with van der Waals surface area (Å²) in [4.78, 5) is 35.6. The molecule has 0 radical (unpaired) electrons. The van der Waals surface area contributed by atoms with Crippen LogP contribution in [0.15, 0.2) is 0 Å². The number of nitrogens with zero attached hydrogens (tertiary/aromatic N) is 1. The van der Waals surface area contributed by atoms with Crippen molar-refractivity contribution in [3.8, 4) is 0 Å². The summed E-state index contributed by atoms with van der Waals surface area (Å²) in [6.45, 7) is -1.34. The van der Waals surface area contributed by atoms with E-state index in [4.69, 9.17) is 14.6 Å². The summed E-state index contributed by atoms with van der Waals surface area (Å²) in [6.07, 6.45) is -6.35. The molecule has 2 heterocycles. The van der Waals surface area contributed by atoms with Crippen LogP contribution in [0, 0.1) is 0 Å². The average molecular weight is 334 g/mol. The monoisotopic (exact) mass is 334 g/mol. The molecule has 23 heavy (non-hydrogen) atoms. The maximum Gasteiger partial charge on any atom is 0.331 e. The Hall–Kier alpha value is -1.79. The molecule has 0 saturated carbocycles. The van der Waals surface area contributed by atoms with Crippen LogP contribution in [0.4, 0.5) is 4.79 Å². The average Bonchev–Trinajstić information content (AvgIpc) is 2.81. The molecule has 3 amide bonds. The summed E-state index contributed by atoms with van der Waals surface area (Å²) < 4.78 is 14.7. The maximum atomic E-state index is 11.9. The highest BCUT2D eigenvalue weighted by Crippen LogP contribution is 2.25. The lowest BCUT2D eigenvalue weighted by Gasteiger charge is -2.36. The molecule has 1 unspecified atom stereocenters. The molecule has 0 aliphatic carbocycles. The lowest BCUT2D eigenvalue weighted by molar-refractivity contribution is -0.155. The third-order valence-electron chi connectivity index (χ3n) is 3.60. The van der Waals surface area contributed by atoms with Crippen molar-refractivity contribution in [3.05, 3.63) is 0 Å². The number of carbonyl (C=O) groups excluding carboxylic acids is 3. The molecule has 4 N–H and O–H groups in total. The number of aliphatic hydroxyl groups is 3. The molecule has 0 aromatic carbocycles. The zero-order valence-corrected chi connectivity index (χ0v) is 12.2. The van der Waals surface area contributed by atoms with Crippen LogP contribution in [0.1, 0.15) is 0 Å². The standard InChI is InChI=1S/C12H18N2O9/c1-21-7(16)4-22-5-2-14(12(20)13-10(5)19)11-9(18)8(17)6(3-15)23-11/h5-6,8-9,11,15,17-18H,2-4H2,1H3,(H,13,19,20)/t5?,6-,8-,9-,11-/m1/s1. The van der Waals surface area contributed by atoms with Gasteiger partial charge in [0.25, 0.3) is 5.91 Å². The van der Waals surface area contributed by atoms with E-state index in [2.05, 4.69) is 4.74 Å². The van der Waals surface area contributed by atoms with Crippen LogP contribution in [0.2, 0.25) is 0 Å². The van der Waals surface area contributed by atoms with Crippen LogP contribution in [-0.4, -0.2) is 95.6 Å². The second-order valence-electron chi connectivity index (χ2n) is 5.05. The zero-order valence-electron chi connectivity index (χ0n) is 12.2. The number of hydrogen-bond donors (Lipinski definition) is 4. The number of nitrogens with one attached hydrogen (secondary N) is 1. The number of rotatable bonds is 5. The Morgan fingerprint density at radius 3 is 2.65 bits per heavy atom. The second kappa shape index (κ2) is 7.19. The van der Waals surface area contributed by atoms with Gasteiger partial charge in [0.1, 0.15) is 24.9 Å². The SMILES string of the molecule is COC(=O)COC1CN([C@@H]2O[C@H](CO)[C@@H](O)[C@H]2O)C(=O)NC1=O. The van der Waals surface area contributed by atoms with Crippen molar-refractivity contribution in [2.24, 2.45) is 0 Å². The Kier molecular flexibility index (Phi) is 5.49. The van der Waals surface area contributed by atoms with E-state index in [1.807, 2.05) is 5.32 Å². The summed E-state index contributed by atoms with van der Waals surface area (Å²) in [7, 11) is 1.15. The molecule has 11 heteroatoms. The molecule has 5 atom stereocenters. The van der Waals surface area contributed by atoms with E-state index in [-0.39, 0.29) is 6.54 Å². The van der Waals surface area contributed by atoms with Crippen molar-refractivity contribution in [2.45, 2.75) is 30.6 Å². The number of methoxy groups -OCH3 is 1. The van der Waals surface area contributed by atoms with Crippen LogP contribution < -0.4 is 5.32 Å². The van der Waals surface area contributed by atoms with Crippen LogP contribution in [0.3, 0.4) is 0 Å². The van der Waals surface area contributed by atoms with Gasteiger partial charge in [0.2, 0.25) is 0 Å². The maximum absolute atomic E-state index is 11.9. The van der Waals surface area contributed by atoms with E-state index in [1.165, 1.54) is 0 Å². The highest BCUT2D eigenvalue weighted by molar-refractivity contribution is 5.99. The Labute approximate surface area is 130 Å². The van der Waals surface area contributed by atoms with Gasteiger partial charge in [-0.15, -0.1) is 0 Å². The smallest absolute Gasteiger partial charge is 0.331 e. The predicted octanol–water partition coefficient (Wildman–Crippen LogP) is -3.46. The van der Waals surface area contributed by atoms with Gasteiger partial charge in [-0.3, -0.25) is 15.0 Å². The fraction of sp³-hybridized carbons (Fsp3) is 0.750. The number of hydrogen-bond acceptors (Lipinski definition) is 9. The van der Waals surface area contributed by atoms with Gasteiger partial charge in [-0.2, -0.15) is 0 Å². The first-order valence-electron chi connectivity index (χ1n) is 6.81. The summed E-state index contributed by atoms with van der Waals surface area (Å²) in [5, 5.41) is 30.7. The second-order valence-corrected chi connectivity index (χ2v) is 5.05. The summed E-state index contributed by atoms with van der Waals surface area (Å²) in [5.74, 6) is -1.45. The van der Waals surface area contributed by atoms with Crippen LogP contribution in [-0.2, 0) is 23.8 Å². The summed E-state index contributed by atoms with van der Waals surface area (Å²) in [5.41, 5.74) is 0. The number of amides is 3. The zero-order chi connectivity index (χ0) is 17.1. The lowest BCUT2D eigenvalue weighted by Crippen LogP contribution is -2.62. The van der Waals surface area contributed by atoms with E-state index in [1.54, 1.807) is 0 Å². The van der Waals surface area contributed by atoms with Gasteiger partial charge in [-0.25, -0.2) is 9.59 Å². The minimum atomic E-state index is -1.47. The van der Waals surface area contributed by atoms with Gasteiger partial charge in [0, 0.05) is 0 Å². The normalized spacial score (nSPS) is 34.4. The van der Waals surface area contributed by atoms with E-state index in [0.29, 0.717) is 0 Å². The largest absolute Gasteiger partial charge is 0.467 e. The first kappa shape index (κ1) is 17.6. The minimum absolute atomic E-state index is 0.297. The van der Waals surface area contributed by atoms with Crippen molar-refractivity contribution >= 4 is 17.9 Å². The predicted molar refractivity (Wildman–Crippen MR) is 69.8 cm³/mol. The number of ether oxygens (including phenoxy) is 3. The van der Waals surface area contributed by atoms with E-state index >= 15 is 0 Å². The molecule has 130 valence electrons. The van der Waals surface area contributed by atoms with Crippen molar-refractivity contribution < 1.29 is 43.9 Å². The number of imide groups is 1. The molecular weight excluding hydrogens is 316 g/mol. The molecule has 0 bridgehead atoms. The minimum Gasteiger partial charge on any atom is -0.467 e. The number of urea groups is 1.